The summed E-state index contributed by atoms with van der Waals surface area (Å²) in [5.41, 5.74) is 0. The fourth-order valence-electron chi connectivity index (χ4n) is 5.32. The monoisotopic (exact) mass is 598 g/mol. The molecule has 0 fully saturated rings. The first-order valence-corrected chi connectivity index (χ1v) is 18.2. The summed E-state index contributed by atoms with van der Waals surface area (Å²) in [7, 11) is 1.70. The van der Waals surface area contributed by atoms with E-state index in [0.717, 1.165) is 38.6 Å². The van der Waals surface area contributed by atoms with Crippen LogP contribution in [0.25, 0.3) is 0 Å². The predicted molar refractivity (Wildman–Crippen MR) is 177 cm³/mol. The molecule has 6 heteroatoms. The van der Waals surface area contributed by atoms with E-state index in [9.17, 15) is 9.59 Å². The van der Waals surface area contributed by atoms with Crippen LogP contribution in [0.3, 0.4) is 0 Å². The minimum Gasteiger partial charge on any atom is -0.466 e. The van der Waals surface area contributed by atoms with Gasteiger partial charge in [-0.15, -0.1) is 0 Å². The number of hydrogen-bond acceptors (Lipinski definition) is 6. The summed E-state index contributed by atoms with van der Waals surface area (Å²) in [5.74, 6) is -0.282. The van der Waals surface area contributed by atoms with Gasteiger partial charge < -0.3 is 19.1 Å². The number of esters is 2. The molecule has 0 aliphatic carbocycles. The molecule has 0 aromatic rings. The zero-order valence-electron chi connectivity index (χ0n) is 28.4. The summed E-state index contributed by atoms with van der Waals surface area (Å²) in [5, 5.41) is 0. The molecule has 0 aromatic carbocycles. The minimum absolute atomic E-state index is 0.141. The molecular formula is C36H71NO5. The number of hydrogen-bond donors (Lipinski definition) is 0. The number of nitrogens with zero attached hydrogens (tertiary/aromatic N) is 1. The van der Waals surface area contributed by atoms with Gasteiger partial charge in [0.2, 0.25) is 0 Å². The number of rotatable bonds is 34. The van der Waals surface area contributed by atoms with Crippen molar-refractivity contribution in [1.29, 1.82) is 0 Å². The van der Waals surface area contributed by atoms with E-state index in [1.807, 2.05) is 0 Å². The van der Waals surface area contributed by atoms with Crippen molar-refractivity contribution >= 4 is 11.9 Å². The molecule has 0 atom stereocenters. The van der Waals surface area contributed by atoms with Crippen molar-refractivity contribution in [2.75, 3.05) is 46.6 Å². The first-order chi connectivity index (χ1) is 20.6. The van der Waals surface area contributed by atoms with Crippen molar-refractivity contribution in [3.05, 3.63) is 0 Å². The standard InChI is InChI=1S/C36H71NO5/c1-4-6-8-10-12-14-16-18-20-22-24-33-41-35(38)27-30-37(29-26-32-40-3)31-28-36(39)42-34-25-23-21-19-17-15-13-11-9-7-5-2/h4-34H2,1-3H3. The van der Waals surface area contributed by atoms with E-state index in [1.54, 1.807) is 7.11 Å². The molecular weight excluding hydrogens is 526 g/mol. The normalized spacial score (nSPS) is 11.3. The highest BCUT2D eigenvalue weighted by molar-refractivity contribution is 5.70. The first kappa shape index (κ1) is 40.9. The molecule has 0 saturated carbocycles. The molecule has 250 valence electrons. The molecule has 0 heterocycles. The molecule has 0 unspecified atom stereocenters. The van der Waals surface area contributed by atoms with Crippen LogP contribution in [0.1, 0.15) is 174 Å². The van der Waals surface area contributed by atoms with E-state index < -0.39 is 0 Å². The van der Waals surface area contributed by atoms with Crippen molar-refractivity contribution in [2.45, 2.75) is 174 Å². The molecule has 0 aliphatic rings. The van der Waals surface area contributed by atoms with Gasteiger partial charge in [0, 0.05) is 33.4 Å². The van der Waals surface area contributed by atoms with Gasteiger partial charge in [0.25, 0.3) is 0 Å². The maximum atomic E-state index is 12.3. The van der Waals surface area contributed by atoms with E-state index in [1.165, 1.54) is 116 Å². The van der Waals surface area contributed by atoms with Crippen LogP contribution in [0.2, 0.25) is 0 Å². The Hall–Kier alpha value is -1.14. The molecule has 42 heavy (non-hydrogen) atoms. The van der Waals surface area contributed by atoms with E-state index in [4.69, 9.17) is 14.2 Å². The number of unbranched alkanes of at least 4 members (excludes halogenated alkanes) is 20. The van der Waals surface area contributed by atoms with Crippen LogP contribution in [-0.2, 0) is 23.8 Å². The fraction of sp³-hybridized carbons (Fsp3) is 0.944. The quantitative estimate of drug-likeness (QED) is 0.0543. The molecule has 0 bridgehead atoms. The predicted octanol–water partition coefficient (Wildman–Crippen LogP) is 9.81. The molecule has 0 aliphatic heterocycles. The Morgan fingerprint density at radius 3 is 1.10 bits per heavy atom. The van der Waals surface area contributed by atoms with Crippen molar-refractivity contribution in [3.8, 4) is 0 Å². The second kappa shape index (κ2) is 34.4. The first-order valence-electron chi connectivity index (χ1n) is 18.2. The molecule has 0 radical (unpaired) electrons. The Labute approximate surface area is 261 Å². The smallest absolute Gasteiger partial charge is 0.307 e. The number of ether oxygens (including phenoxy) is 3. The Morgan fingerprint density at radius 1 is 0.429 bits per heavy atom. The van der Waals surface area contributed by atoms with Crippen LogP contribution in [0.15, 0.2) is 0 Å². The summed E-state index contributed by atoms with van der Waals surface area (Å²) in [6, 6.07) is 0. The van der Waals surface area contributed by atoms with Gasteiger partial charge in [-0.1, -0.05) is 142 Å². The summed E-state index contributed by atoms with van der Waals surface area (Å²) >= 11 is 0. The van der Waals surface area contributed by atoms with Crippen LogP contribution in [0, 0.1) is 0 Å². The highest BCUT2D eigenvalue weighted by atomic mass is 16.5. The summed E-state index contributed by atoms with van der Waals surface area (Å²) in [6.07, 6.45) is 29.9. The highest BCUT2D eigenvalue weighted by Gasteiger charge is 2.12. The molecule has 6 nitrogen and oxygen atoms in total. The maximum absolute atomic E-state index is 12.3. The topological polar surface area (TPSA) is 65.1 Å². The van der Waals surface area contributed by atoms with Gasteiger partial charge in [0.15, 0.2) is 0 Å². The van der Waals surface area contributed by atoms with Gasteiger partial charge in [-0.2, -0.15) is 0 Å². The van der Waals surface area contributed by atoms with Gasteiger partial charge in [0.05, 0.1) is 26.1 Å². The second-order valence-electron chi connectivity index (χ2n) is 12.2. The Morgan fingerprint density at radius 2 is 0.762 bits per heavy atom. The van der Waals surface area contributed by atoms with Gasteiger partial charge in [-0.3, -0.25) is 9.59 Å². The summed E-state index contributed by atoms with van der Waals surface area (Å²) in [6.45, 7) is 8.24. The van der Waals surface area contributed by atoms with Crippen molar-refractivity contribution in [3.63, 3.8) is 0 Å². The lowest BCUT2D eigenvalue weighted by atomic mass is 10.1. The maximum Gasteiger partial charge on any atom is 0.307 e. The lowest BCUT2D eigenvalue weighted by Crippen LogP contribution is -2.31. The second-order valence-corrected chi connectivity index (χ2v) is 12.2. The van der Waals surface area contributed by atoms with Crippen LogP contribution in [0.4, 0.5) is 0 Å². The Bertz CT molecular complexity index is 527. The van der Waals surface area contributed by atoms with Crippen LogP contribution in [-0.4, -0.2) is 63.4 Å². The summed E-state index contributed by atoms with van der Waals surface area (Å²) < 4.78 is 16.1. The largest absolute Gasteiger partial charge is 0.466 e. The van der Waals surface area contributed by atoms with Crippen molar-refractivity contribution in [2.24, 2.45) is 0 Å². The van der Waals surface area contributed by atoms with E-state index >= 15 is 0 Å². The van der Waals surface area contributed by atoms with Gasteiger partial charge in [-0.25, -0.2) is 0 Å². The lowest BCUT2D eigenvalue weighted by molar-refractivity contribution is -0.144. The van der Waals surface area contributed by atoms with E-state index in [-0.39, 0.29) is 11.9 Å². The third-order valence-corrected chi connectivity index (χ3v) is 8.11. The van der Waals surface area contributed by atoms with Crippen LogP contribution < -0.4 is 0 Å². The SMILES string of the molecule is CCCCCCCCCCCCCOC(=O)CCN(CCCOC)CCC(=O)OCCCCCCCCCCCCC. The highest BCUT2D eigenvalue weighted by Crippen LogP contribution is 2.13. The third-order valence-electron chi connectivity index (χ3n) is 8.11. The number of carbonyl (C=O) groups excluding carboxylic acids is 2. The minimum atomic E-state index is -0.141. The average molecular weight is 598 g/mol. The van der Waals surface area contributed by atoms with Crippen molar-refractivity contribution in [1.82, 2.24) is 4.90 Å². The molecule has 0 spiro atoms. The Kier molecular flexibility index (Phi) is 33.4. The van der Waals surface area contributed by atoms with E-state index in [2.05, 4.69) is 18.7 Å². The van der Waals surface area contributed by atoms with Crippen LogP contribution in [0.5, 0.6) is 0 Å². The summed E-state index contributed by atoms with van der Waals surface area (Å²) in [4.78, 5) is 26.7. The zero-order chi connectivity index (χ0) is 30.8. The van der Waals surface area contributed by atoms with Gasteiger partial charge >= 0.3 is 11.9 Å². The number of methoxy groups -OCH3 is 1. The lowest BCUT2D eigenvalue weighted by Gasteiger charge is -2.21. The molecule has 0 N–H and O–H groups in total. The third kappa shape index (κ3) is 31.8. The molecule has 0 saturated heterocycles. The van der Waals surface area contributed by atoms with Gasteiger partial charge in [0.1, 0.15) is 0 Å². The van der Waals surface area contributed by atoms with Crippen molar-refractivity contribution < 1.29 is 23.8 Å². The van der Waals surface area contributed by atoms with Gasteiger partial charge in [-0.05, 0) is 19.3 Å². The molecule has 0 amide bonds. The number of carbonyl (C=O) groups is 2. The Balaban J connectivity index is 3.82. The van der Waals surface area contributed by atoms with E-state index in [0.29, 0.717) is 45.8 Å². The fourth-order valence-corrected chi connectivity index (χ4v) is 5.32. The zero-order valence-corrected chi connectivity index (χ0v) is 28.4. The average Bonchev–Trinajstić information content (AvgIpc) is 2.99. The molecule has 0 aromatic heterocycles. The molecule has 0 rings (SSSR count). The van der Waals surface area contributed by atoms with Crippen LogP contribution >= 0.6 is 0 Å².